The first-order chi connectivity index (χ1) is 11.5. The number of anilines is 1. The largest absolute Gasteiger partial charge is 0.369 e. The highest BCUT2D eigenvalue weighted by molar-refractivity contribution is 5.81. The highest BCUT2D eigenvalue weighted by Crippen LogP contribution is 2.32. The minimum Gasteiger partial charge on any atom is -0.369 e. The van der Waals surface area contributed by atoms with Crippen molar-refractivity contribution in [2.75, 3.05) is 32.2 Å². The topological polar surface area (TPSA) is 59.5 Å². The molecule has 0 unspecified atom stereocenters. The second-order valence-corrected chi connectivity index (χ2v) is 6.07. The van der Waals surface area contributed by atoms with Crippen LogP contribution in [0.4, 0.5) is 14.5 Å². The number of aryl methyl sites for hydroxylation is 1. The molecule has 1 aromatic carbocycles. The van der Waals surface area contributed by atoms with Gasteiger partial charge in [0.25, 0.3) is 0 Å². The summed E-state index contributed by atoms with van der Waals surface area (Å²) in [6.07, 6.45) is 1.20. The molecule has 0 amide bonds. The Hall–Kier alpha value is -1.93. The van der Waals surface area contributed by atoms with Crippen molar-refractivity contribution < 1.29 is 18.3 Å². The number of nitrogens with one attached hydrogen (secondary N) is 1. The normalized spacial score (nSPS) is 16.5. The number of piperidine rings is 1. The van der Waals surface area contributed by atoms with E-state index < -0.39 is 17.3 Å². The molecule has 8 heteroatoms. The summed E-state index contributed by atoms with van der Waals surface area (Å²) in [5.41, 5.74) is -0.498. The van der Waals surface area contributed by atoms with Gasteiger partial charge >= 0.3 is 5.69 Å². The van der Waals surface area contributed by atoms with E-state index in [1.807, 2.05) is 0 Å². The maximum Gasteiger partial charge on any atom is 0.326 e. The molecule has 0 spiro atoms. The lowest BCUT2D eigenvalue weighted by atomic mass is 9.95. The molecule has 1 N–H and O–H groups in total. The van der Waals surface area contributed by atoms with E-state index in [9.17, 15) is 13.6 Å². The average Bonchev–Trinajstić information content (AvgIpc) is 2.89. The molecule has 1 aromatic heterocycles. The average molecular weight is 341 g/mol. The summed E-state index contributed by atoms with van der Waals surface area (Å²) in [5, 5.41) is 0. The van der Waals surface area contributed by atoms with Crippen LogP contribution >= 0.6 is 0 Å². The molecule has 2 heterocycles. The number of aromatic amines is 1. The summed E-state index contributed by atoms with van der Waals surface area (Å²) in [7, 11) is 4.60. The number of nitrogens with zero attached hydrogens (tertiary/aromatic N) is 2. The zero-order valence-corrected chi connectivity index (χ0v) is 13.9. The Morgan fingerprint density at radius 3 is 2.46 bits per heavy atom. The number of rotatable bonds is 4. The fourth-order valence-electron chi connectivity index (χ4n) is 3.45. The van der Waals surface area contributed by atoms with Gasteiger partial charge in [0.1, 0.15) is 11.0 Å². The third-order valence-electron chi connectivity index (χ3n) is 4.77. The maximum atomic E-state index is 14.9. The van der Waals surface area contributed by atoms with Crippen LogP contribution in [0.15, 0.2) is 10.9 Å². The smallest absolute Gasteiger partial charge is 0.326 e. The lowest BCUT2D eigenvalue weighted by Crippen LogP contribution is -2.39. The fourth-order valence-corrected chi connectivity index (χ4v) is 3.45. The number of imidazole rings is 1. The summed E-state index contributed by atoms with van der Waals surface area (Å²) < 4.78 is 40.8. The number of fused-ring (bicyclic) bond motifs is 1. The molecule has 0 bridgehead atoms. The summed E-state index contributed by atoms with van der Waals surface area (Å²) in [4.78, 5) is 15.8. The molecule has 2 aromatic rings. The van der Waals surface area contributed by atoms with Crippen molar-refractivity contribution in [3.8, 4) is 0 Å². The van der Waals surface area contributed by atoms with Gasteiger partial charge in [-0.3, -0.25) is 4.57 Å². The van der Waals surface area contributed by atoms with Crippen LogP contribution < -0.4 is 10.6 Å². The number of hydrogen-bond acceptors (Lipinski definition) is 4. The number of ether oxygens (including phenoxy) is 2. The Labute approximate surface area is 138 Å². The van der Waals surface area contributed by atoms with Crippen LogP contribution in [-0.4, -0.2) is 43.2 Å². The quantitative estimate of drug-likeness (QED) is 0.864. The molecule has 132 valence electrons. The maximum absolute atomic E-state index is 14.9. The van der Waals surface area contributed by atoms with Crippen LogP contribution in [0.3, 0.4) is 0 Å². The van der Waals surface area contributed by atoms with Crippen LogP contribution in [0, 0.1) is 17.6 Å². The first-order valence-corrected chi connectivity index (χ1v) is 7.85. The fraction of sp³-hybridized carbons (Fsp3) is 0.562. The molecule has 0 saturated carbocycles. The summed E-state index contributed by atoms with van der Waals surface area (Å²) in [6, 6.07) is 1.15. The monoisotopic (exact) mass is 341 g/mol. The predicted octanol–water partition coefficient (Wildman–Crippen LogP) is 1.98. The number of H-pyrrole nitrogens is 1. The van der Waals surface area contributed by atoms with Crippen molar-refractivity contribution in [3.63, 3.8) is 0 Å². The van der Waals surface area contributed by atoms with Crippen LogP contribution in [-0.2, 0) is 16.5 Å². The molecule has 0 radical (unpaired) electrons. The van der Waals surface area contributed by atoms with Gasteiger partial charge in [0.05, 0.1) is 5.69 Å². The Bertz CT molecular complexity index is 790. The first kappa shape index (κ1) is 16.9. The highest BCUT2D eigenvalue weighted by Gasteiger charge is 2.29. The lowest BCUT2D eigenvalue weighted by Gasteiger charge is -2.36. The molecule has 3 rings (SSSR count). The van der Waals surface area contributed by atoms with Crippen molar-refractivity contribution in [1.29, 1.82) is 0 Å². The number of methoxy groups -OCH3 is 2. The van der Waals surface area contributed by atoms with Crippen molar-refractivity contribution in [3.05, 3.63) is 28.2 Å². The van der Waals surface area contributed by atoms with Gasteiger partial charge in [-0.15, -0.1) is 0 Å². The summed E-state index contributed by atoms with van der Waals surface area (Å²) in [5.74, 6) is -1.00. The number of aromatic nitrogens is 2. The molecule has 0 aliphatic carbocycles. The Morgan fingerprint density at radius 2 is 1.88 bits per heavy atom. The van der Waals surface area contributed by atoms with E-state index in [0.717, 1.165) is 23.5 Å². The molecular formula is C16H21F2N3O3. The number of halogens is 2. The van der Waals surface area contributed by atoms with Crippen molar-refractivity contribution in [1.82, 2.24) is 9.55 Å². The Kier molecular flexibility index (Phi) is 4.60. The van der Waals surface area contributed by atoms with Gasteiger partial charge in [-0.2, -0.15) is 0 Å². The zero-order chi connectivity index (χ0) is 17.4. The van der Waals surface area contributed by atoms with Crippen molar-refractivity contribution in [2.45, 2.75) is 19.1 Å². The molecule has 0 atom stereocenters. The third-order valence-corrected chi connectivity index (χ3v) is 4.77. The van der Waals surface area contributed by atoms with Crippen LogP contribution in [0.1, 0.15) is 12.8 Å². The molecule has 1 aliphatic rings. The second kappa shape index (κ2) is 6.52. The lowest BCUT2D eigenvalue weighted by molar-refractivity contribution is -0.141. The van der Waals surface area contributed by atoms with Gasteiger partial charge in [-0.25, -0.2) is 13.6 Å². The van der Waals surface area contributed by atoms with Crippen LogP contribution in [0.2, 0.25) is 0 Å². The van der Waals surface area contributed by atoms with E-state index in [4.69, 9.17) is 9.47 Å². The molecule has 1 fully saturated rings. The Balaban J connectivity index is 1.90. The van der Waals surface area contributed by atoms with Gasteiger partial charge in [0, 0.05) is 46.3 Å². The van der Waals surface area contributed by atoms with E-state index in [1.54, 1.807) is 19.1 Å². The minimum absolute atomic E-state index is 0.0382. The summed E-state index contributed by atoms with van der Waals surface area (Å²) in [6.45, 7) is 1.13. The summed E-state index contributed by atoms with van der Waals surface area (Å²) >= 11 is 0. The molecule has 1 saturated heterocycles. The standard InChI is InChI=1S/C16H21F2N3O3/c1-20-14-12(18)11(8-10(17)13(14)19-16(20)22)21-6-4-9(5-7-21)15(23-2)24-3/h8-9,15H,4-7H2,1-3H3,(H,19,22). The van der Waals surface area contributed by atoms with Crippen LogP contribution in [0.25, 0.3) is 11.0 Å². The Morgan fingerprint density at radius 1 is 1.25 bits per heavy atom. The van der Waals surface area contributed by atoms with E-state index >= 15 is 0 Å². The number of benzene rings is 1. The second-order valence-electron chi connectivity index (χ2n) is 6.07. The van der Waals surface area contributed by atoms with E-state index in [-0.39, 0.29) is 28.9 Å². The van der Waals surface area contributed by atoms with E-state index in [0.29, 0.717) is 13.1 Å². The SMILES string of the molecule is COC(OC)C1CCN(c2cc(F)c3[nH]c(=O)n(C)c3c2F)CC1. The molecule has 6 nitrogen and oxygen atoms in total. The third kappa shape index (κ3) is 2.69. The predicted molar refractivity (Wildman–Crippen MR) is 86.2 cm³/mol. The van der Waals surface area contributed by atoms with Crippen molar-refractivity contribution >= 4 is 16.7 Å². The van der Waals surface area contributed by atoms with Crippen molar-refractivity contribution in [2.24, 2.45) is 13.0 Å². The van der Waals surface area contributed by atoms with Gasteiger partial charge in [-0.1, -0.05) is 0 Å². The van der Waals surface area contributed by atoms with Gasteiger partial charge < -0.3 is 19.4 Å². The number of hydrogen-bond donors (Lipinski definition) is 1. The molecular weight excluding hydrogens is 320 g/mol. The zero-order valence-electron chi connectivity index (χ0n) is 13.9. The molecule has 1 aliphatic heterocycles. The van der Waals surface area contributed by atoms with Gasteiger partial charge in [-0.05, 0) is 12.8 Å². The van der Waals surface area contributed by atoms with Gasteiger partial charge in [0.15, 0.2) is 17.9 Å². The highest BCUT2D eigenvalue weighted by atomic mass is 19.1. The minimum atomic E-state index is -0.632. The van der Waals surface area contributed by atoms with E-state index in [1.165, 1.54) is 7.05 Å². The molecule has 24 heavy (non-hydrogen) atoms. The van der Waals surface area contributed by atoms with Gasteiger partial charge in [0.2, 0.25) is 0 Å². The van der Waals surface area contributed by atoms with E-state index in [2.05, 4.69) is 4.98 Å². The first-order valence-electron chi connectivity index (χ1n) is 7.85. The van der Waals surface area contributed by atoms with Crippen LogP contribution in [0.5, 0.6) is 0 Å².